The molecule has 0 saturated carbocycles. The summed E-state index contributed by atoms with van der Waals surface area (Å²) < 4.78 is 27.9. The predicted octanol–water partition coefficient (Wildman–Crippen LogP) is 4.62. The number of carbonyl (C=O) groups excluding carboxylic acids is 3. The summed E-state index contributed by atoms with van der Waals surface area (Å²) in [7, 11) is 0. The Balaban J connectivity index is 2.30. The van der Waals surface area contributed by atoms with Crippen LogP contribution in [0.1, 0.15) is 73.7 Å². The molecule has 0 aliphatic rings. The Morgan fingerprint density at radius 2 is 1.51 bits per heavy atom. The molecule has 10 heteroatoms. The minimum Gasteiger partial charge on any atom is -0.389 e. The summed E-state index contributed by atoms with van der Waals surface area (Å²) in [6.07, 6.45) is 0.253. The first kappa shape index (κ1) is 33.7. The third-order valence-electron chi connectivity index (χ3n) is 6.54. The van der Waals surface area contributed by atoms with E-state index in [0.29, 0.717) is 31.7 Å². The molecule has 226 valence electrons. The van der Waals surface area contributed by atoms with E-state index in [-0.39, 0.29) is 41.9 Å². The molecular weight excluding hydrogens is 530 g/mol. The lowest BCUT2D eigenvalue weighted by Crippen LogP contribution is -2.52. The number of aliphatic hydroxyl groups is 1. The van der Waals surface area contributed by atoms with E-state index in [0.717, 1.165) is 31.0 Å². The van der Waals surface area contributed by atoms with Crippen LogP contribution in [-0.4, -0.2) is 77.6 Å². The molecule has 0 unspecified atom stereocenters. The van der Waals surface area contributed by atoms with E-state index in [1.807, 2.05) is 27.7 Å². The van der Waals surface area contributed by atoms with Gasteiger partial charge in [0.25, 0.3) is 11.8 Å². The second-order valence-electron chi connectivity index (χ2n) is 10.6. The second-order valence-corrected chi connectivity index (χ2v) is 10.6. The molecule has 8 nitrogen and oxygen atoms in total. The van der Waals surface area contributed by atoms with Crippen molar-refractivity contribution < 1.29 is 28.3 Å². The molecule has 3 N–H and O–H groups in total. The molecule has 4 amide bonds. The van der Waals surface area contributed by atoms with Gasteiger partial charge in [-0.15, -0.1) is 0 Å². The highest BCUT2D eigenvalue weighted by atomic mass is 19.1. The Kier molecular flexibility index (Phi) is 13.7. The first-order valence-electron chi connectivity index (χ1n) is 14.3. The number of hydrogen-bond donors (Lipinski definition) is 3. The van der Waals surface area contributed by atoms with Crippen molar-refractivity contribution in [2.75, 3.05) is 32.7 Å². The zero-order valence-corrected chi connectivity index (χ0v) is 24.8. The van der Waals surface area contributed by atoms with E-state index < -0.39 is 29.7 Å². The molecule has 0 heterocycles. The summed E-state index contributed by atoms with van der Waals surface area (Å²) in [6, 6.07) is 7.97. The molecule has 2 aromatic rings. The lowest BCUT2D eigenvalue weighted by molar-refractivity contribution is 0.0736. The normalized spacial score (nSPS) is 12.5. The largest absolute Gasteiger partial charge is 0.389 e. The van der Waals surface area contributed by atoms with Crippen LogP contribution in [-0.2, 0) is 6.42 Å². The topological polar surface area (TPSA) is 102 Å². The summed E-state index contributed by atoms with van der Waals surface area (Å²) in [5.41, 5.74) is 0.800. The Morgan fingerprint density at radius 1 is 0.902 bits per heavy atom. The number of nitrogens with one attached hydrogen (secondary N) is 2. The number of hydrogen-bond acceptors (Lipinski definition) is 4. The standard InChI is InChI=1S/C31H44F2N4O4/c1-6-12-37(13-7-2)30(40)24-11-9-10-23(17-24)29(39)35-27(16-22-14-25(32)18-26(33)15-22)28(38)20-36(8-3)31(41)34-19-21(4)5/h9-11,14-15,17-18,21,27-28,38H,6-8,12-13,16,19-20H2,1-5H3,(H,34,41)(H,35,39)/t27-,28-/m0/s1. The average Bonchev–Trinajstić information content (AvgIpc) is 2.93. The molecule has 0 aliphatic carbocycles. The van der Waals surface area contributed by atoms with Gasteiger partial charge in [-0.1, -0.05) is 33.8 Å². The lowest BCUT2D eigenvalue weighted by atomic mass is 9.99. The maximum atomic E-state index is 13.9. The molecule has 2 atom stereocenters. The second kappa shape index (κ2) is 16.7. The highest BCUT2D eigenvalue weighted by molar-refractivity contribution is 5.99. The Labute approximate surface area is 242 Å². The van der Waals surface area contributed by atoms with E-state index in [1.54, 1.807) is 30.0 Å². The Morgan fingerprint density at radius 3 is 2.07 bits per heavy atom. The fourth-order valence-electron chi connectivity index (χ4n) is 4.46. The van der Waals surface area contributed by atoms with Gasteiger partial charge >= 0.3 is 6.03 Å². The van der Waals surface area contributed by atoms with Crippen LogP contribution in [0, 0.1) is 17.6 Å². The van der Waals surface area contributed by atoms with Crippen molar-refractivity contribution in [1.29, 1.82) is 0 Å². The van der Waals surface area contributed by atoms with E-state index in [4.69, 9.17) is 0 Å². The summed E-state index contributed by atoms with van der Waals surface area (Å²) in [6.45, 7) is 11.5. The molecule has 0 aliphatic heterocycles. The fraction of sp³-hybridized carbons (Fsp3) is 0.516. The number of urea groups is 1. The number of carbonyl (C=O) groups is 3. The number of nitrogens with zero attached hydrogens (tertiary/aromatic N) is 2. The smallest absolute Gasteiger partial charge is 0.317 e. The van der Waals surface area contributed by atoms with Gasteiger partial charge in [-0.25, -0.2) is 13.6 Å². The number of likely N-dealkylation sites (N-methyl/N-ethyl adjacent to an activating group) is 1. The van der Waals surface area contributed by atoms with Crippen LogP contribution in [0.5, 0.6) is 0 Å². The summed E-state index contributed by atoms with van der Waals surface area (Å²) in [5, 5.41) is 16.8. The monoisotopic (exact) mass is 574 g/mol. The zero-order chi connectivity index (χ0) is 30.5. The summed E-state index contributed by atoms with van der Waals surface area (Å²) >= 11 is 0. The molecule has 0 saturated heterocycles. The summed E-state index contributed by atoms with van der Waals surface area (Å²) in [4.78, 5) is 42.3. The van der Waals surface area contributed by atoms with Gasteiger partial charge in [0, 0.05) is 43.4 Å². The maximum absolute atomic E-state index is 13.9. The minimum absolute atomic E-state index is 0.0911. The van der Waals surface area contributed by atoms with Gasteiger partial charge in [0.2, 0.25) is 0 Å². The van der Waals surface area contributed by atoms with Crippen molar-refractivity contribution in [2.45, 2.75) is 66.0 Å². The first-order chi connectivity index (χ1) is 19.5. The van der Waals surface area contributed by atoms with Gasteiger partial charge in [-0.2, -0.15) is 0 Å². The minimum atomic E-state index is -1.26. The highest BCUT2D eigenvalue weighted by Crippen LogP contribution is 2.15. The lowest BCUT2D eigenvalue weighted by Gasteiger charge is -2.30. The van der Waals surface area contributed by atoms with Crippen LogP contribution >= 0.6 is 0 Å². The molecule has 2 aromatic carbocycles. The molecule has 0 bridgehead atoms. The van der Waals surface area contributed by atoms with Crippen LogP contribution < -0.4 is 10.6 Å². The van der Waals surface area contributed by atoms with Crippen LogP contribution in [0.15, 0.2) is 42.5 Å². The molecule has 0 radical (unpaired) electrons. The van der Waals surface area contributed by atoms with E-state index in [9.17, 15) is 28.3 Å². The van der Waals surface area contributed by atoms with Crippen LogP contribution in [0.25, 0.3) is 0 Å². The van der Waals surface area contributed by atoms with Crippen LogP contribution in [0.2, 0.25) is 0 Å². The van der Waals surface area contributed by atoms with Gasteiger partial charge in [0.05, 0.1) is 18.7 Å². The number of halogens is 2. The first-order valence-corrected chi connectivity index (χ1v) is 14.3. The van der Waals surface area contributed by atoms with E-state index in [1.165, 1.54) is 11.0 Å². The number of benzene rings is 2. The van der Waals surface area contributed by atoms with Crippen molar-refractivity contribution in [3.63, 3.8) is 0 Å². The van der Waals surface area contributed by atoms with E-state index in [2.05, 4.69) is 10.6 Å². The molecule has 0 fully saturated rings. The molecule has 41 heavy (non-hydrogen) atoms. The molecule has 2 rings (SSSR count). The number of aliphatic hydroxyl groups excluding tert-OH is 1. The van der Waals surface area contributed by atoms with Gasteiger partial charge in [0.15, 0.2) is 0 Å². The Hall–Kier alpha value is -3.53. The average molecular weight is 575 g/mol. The van der Waals surface area contributed by atoms with Gasteiger partial charge in [-0.05, 0) is 68.0 Å². The third kappa shape index (κ3) is 10.8. The van der Waals surface area contributed by atoms with Crippen molar-refractivity contribution in [3.8, 4) is 0 Å². The molecule has 0 aromatic heterocycles. The van der Waals surface area contributed by atoms with Crippen molar-refractivity contribution in [3.05, 3.63) is 70.8 Å². The van der Waals surface area contributed by atoms with Gasteiger partial charge in [-0.3, -0.25) is 9.59 Å². The van der Waals surface area contributed by atoms with Gasteiger partial charge < -0.3 is 25.5 Å². The molecular formula is C31H44F2N4O4. The number of rotatable bonds is 15. The summed E-state index contributed by atoms with van der Waals surface area (Å²) in [5.74, 6) is -2.07. The Bertz CT molecular complexity index is 1130. The van der Waals surface area contributed by atoms with Crippen molar-refractivity contribution >= 4 is 17.8 Å². The van der Waals surface area contributed by atoms with E-state index >= 15 is 0 Å². The number of amides is 4. The van der Waals surface area contributed by atoms with Gasteiger partial charge in [0.1, 0.15) is 11.6 Å². The van der Waals surface area contributed by atoms with Crippen LogP contribution in [0.3, 0.4) is 0 Å². The zero-order valence-electron chi connectivity index (χ0n) is 24.8. The van der Waals surface area contributed by atoms with Crippen molar-refractivity contribution in [2.24, 2.45) is 5.92 Å². The SMILES string of the molecule is CCCN(CCC)C(=O)c1cccc(C(=O)N[C@@H](Cc2cc(F)cc(F)c2)[C@@H](O)CN(CC)C(=O)NCC(C)C)c1. The van der Waals surface area contributed by atoms with Crippen LogP contribution in [0.4, 0.5) is 13.6 Å². The van der Waals surface area contributed by atoms with Crippen molar-refractivity contribution in [1.82, 2.24) is 20.4 Å². The molecule has 0 spiro atoms. The fourth-order valence-corrected chi connectivity index (χ4v) is 4.46. The maximum Gasteiger partial charge on any atom is 0.317 e. The predicted molar refractivity (Wildman–Crippen MR) is 156 cm³/mol. The highest BCUT2D eigenvalue weighted by Gasteiger charge is 2.27. The third-order valence-corrected chi connectivity index (χ3v) is 6.54. The quantitative estimate of drug-likeness (QED) is 0.289.